The molecule has 8 heteroatoms. The van der Waals surface area contributed by atoms with Crippen molar-refractivity contribution in [2.24, 2.45) is 0 Å². The lowest BCUT2D eigenvalue weighted by Gasteiger charge is -2.15. The average Bonchev–Trinajstić information content (AvgIpc) is 2.76. The first kappa shape index (κ1) is 13.3. The first-order chi connectivity index (χ1) is 8.87. The summed E-state index contributed by atoms with van der Waals surface area (Å²) in [6, 6.07) is 5.74. The minimum Gasteiger partial charge on any atom is -0.399 e. The van der Waals surface area contributed by atoms with E-state index in [4.69, 9.17) is 5.73 Å². The molecule has 1 unspecified atom stereocenters. The summed E-state index contributed by atoms with van der Waals surface area (Å²) in [5, 5.41) is 10.8. The van der Waals surface area contributed by atoms with Gasteiger partial charge in [0, 0.05) is 11.3 Å². The molecule has 0 radical (unpaired) electrons. The van der Waals surface area contributed by atoms with Gasteiger partial charge in [0.2, 0.25) is 0 Å². The fourth-order valence-corrected chi connectivity index (χ4v) is 1.73. The number of aromatic nitrogens is 4. The topological polar surface area (TPSA) is 69.6 Å². The standard InChI is InChI=1S/C11H12F3N5/c1-7(6-11(12,13)14)19-10(16-17-18-19)8-2-4-9(15)5-3-8/h2-5,7H,6,15H2,1H3. The largest absolute Gasteiger partial charge is 0.399 e. The molecule has 1 atom stereocenters. The van der Waals surface area contributed by atoms with Gasteiger partial charge in [0.05, 0.1) is 12.5 Å². The lowest BCUT2D eigenvalue weighted by atomic mass is 10.1. The van der Waals surface area contributed by atoms with E-state index in [1.54, 1.807) is 24.3 Å². The van der Waals surface area contributed by atoms with Gasteiger partial charge in [-0.1, -0.05) is 0 Å². The van der Waals surface area contributed by atoms with Gasteiger partial charge in [0.1, 0.15) is 0 Å². The molecule has 1 aromatic heterocycles. The normalized spacial score (nSPS) is 13.5. The maximum atomic E-state index is 12.4. The first-order valence-corrected chi connectivity index (χ1v) is 5.57. The summed E-state index contributed by atoms with van der Waals surface area (Å²) < 4.78 is 38.3. The third kappa shape index (κ3) is 3.21. The van der Waals surface area contributed by atoms with Crippen LogP contribution in [0.2, 0.25) is 0 Å². The smallest absolute Gasteiger partial charge is 0.391 e. The number of anilines is 1. The SMILES string of the molecule is CC(CC(F)(F)F)n1nnnc1-c1ccc(N)cc1. The van der Waals surface area contributed by atoms with Crippen LogP contribution >= 0.6 is 0 Å². The van der Waals surface area contributed by atoms with Crippen LogP contribution in [-0.2, 0) is 0 Å². The zero-order chi connectivity index (χ0) is 14.0. The maximum absolute atomic E-state index is 12.4. The molecule has 0 saturated heterocycles. The Bertz CT molecular complexity index is 546. The summed E-state index contributed by atoms with van der Waals surface area (Å²) in [6.07, 6.45) is -5.25. The monoisotopic (exact) mass is 271 g/mol. The Morgan fingerprint density at radius 2 is 1.89 bits per heavy atom. The van der Waals surface area contributed by atoms with E-state index in [1.807, 2.05) is 0 Å². The third-order valence-corrected chi connectivity index (χ3v) is 2.61. The van der Waals surface area contributed by atoms with Gasteiger partial charge in [-0.25, -0.2) is 4.68 Å². The number of nitrogens with two attached hydrogens (primary N) is 1. The van der Waals surface area contributed by atoms with Gasteiger partial charge in [0.25, 0.3) is 0 Å². The van der Waals surface area contributed by atoms with Crippen molar-refractivity contribution in [3.63, 3.8) is 0 Å². The van der Waals surface area contributed by atoms with Crippen molar-refractivity contribution in [1.82, 2.24) is 20.2 Å². The van der Waals surface area contributed by atoms with Gasteiger partial charge in [-0.2, -0.15) is 13.2 Å². The predicted molar refractivity (Wildman–Crippen MR) is 63.0 cm³/mol. The second-order valence-electron chi connectivity index (χ2n) is 4.24. The van der Waals surface area contributed by atoms with Gasteiger partial charge in [-0.3, -0.25) is 0 Å². The van der Waals surface area contributed by atoms with E-state index in [2.05, 4.69) is 15.5 Å². The van der Waals surface area contributed by atoms with Crippen molar-refractivity contribution in [3.8, 4) is 11.4 Å². The number of nitrogens with zero attached hydrogens (tertiary/aromatic N) is 4. The van der Waals surface area contributed by atoms with Gasteiger partial charge >= 0.3 is 6.18 Å². The zero-order valence-corrected chi connectivity index (χ0v) is 10.1. The van der Waals surface area contributed by atoms with E-state index in [-0.39, 0.29) is 5.82 Å². The van der Waals surface area contributed by atoms with Crippen LogP contribution in [0.3, 0.4) is 0 Å². The van der Waals surface area contributed by atoms with Crippen molar-refractivity contribution in [2.45, 2.75) is 25.6 Å². The van der Waals surface area contributed by atoms with E-state index in [0.29, 0.717) is 11.3 Å². The molecule has 2 rings (SSSR count). The molecule has 0 amide bonds. The molecule has 19 heavy (non-hydrogen) atoms. The summed E-state index contributed by atoms with van der Waals surface area (Å²) in [5.74, 6) is 0.289. The number of tetrazole rings is 1. The van der Waals surface area contributed by atoms with E-state index in [1.165, 1.54) is 11.6 Å². The Hall–Kier alpha value is -2.12. The molecule has 0 saturated carbocycles. The minimum atomic E-state index is -4.26. The Balaban J connectivity index is 2.29. The Labute approximate surface area is 107 Å². The highest BCUT2D eigenvalue weighted by Crippen LogP contribution is 2.29. The molecule has 2 N–H and O–H groups in total. The second-order valence-corrected chi connectivity index (χ2v) is 4.24. The van der Waals surface area contributed by atoms with Gasteiger partial charge in [-0.15, -0.1) is 5.10 Å². The van der Waals surface area contributed by atoms with Crippen LogP contribution < -0.4 is 5.73 Å². The minimum absolute atomic E-state index is 0.289. The van der Waals surface area contributed by atoms with Crippen molar-refractivity contribution < 1.29 is 13.2 Å². The molecule has 0 spiro atoms. The van der Waals surface area contributed by atoms with Crippen LogP contribution in [-0.4, -0.2) is 26.4 Å². The molecule has 0 bridgehead atoms. The molecule has 0 aliphatic rings. The van der Waals surface area contributed by atoms with Crippen LogP contribution in [0.25, 0.3) is 11.4 Å². The number of hydrogen-bond donors (Lipinski definition) is 1. The predicted octanol–water partition coefficient (Wildman–Crippen LogP) is 2.44. The van der Waals surface area contributed by atoms with Gasteiger partial charge < -0.3 is 5.73 Å². The lowest BCUT2D eigenvalue weighted by molar-refractivity contribution is -0.142. The van der Waals surface area contributed by atoms with Gasteiger partial charge in [-0.05, 0) is 41.6 Å². The second kappa shape index (κ2) is 4.87. The van der Waals surface area contributed by atoms with Gasteiger partial charge in [0.15, 0.2) is 5.82 Å². The number of benzene rings is 1. The van der Waals surface area contributed by atoms with Crippen LogP contribution in [0, 0.1) is 0 Å². The summed E-state index contributed by atoms with van der Waals surface area (Å²) in [7, 11) is 0. The summed E-state index contributed by atoms with van der Waals surface area (Å²) in [4.78, 5) is 0. The Kier molecular flexibility index (Phi) is 3.41. The van der Waals surface area contributed by atoms with E-state index in [0.717, 1.165) is 0 Å². The maximum Gasteiger partial charge on any atom is 0.391 e. The number of halogens is 3. The van der Waals surface area contributed by atoms with Crippen molar-refractivity contribution in [1.29, 1.82) is 0 Å². The fourth-order valence-electron chi connectivity index (χ4n) is 1.73. The molecule has 0 fully saturated rings. The highest BCUT2D eigenvalue weighted by Gasteiger charge is 2.32. The molecule has 0 aliphatic heterocycles. The quantitative estimate of drug-likeness (QED) is 0.870. The van der Waals surface area contributed by atoms with Crippen LogP contribution in [0.5, 0.6) is 0 Å². The lowest BCUT2D eigenvalue weighted by Crippen LogP contribution is -2.18. The molecule has 5 nitrogen and oxygen atoms in total. The zero-order valence-electron chi connectivity index (χ0n) is 10.1. The number of alkyl halides is 3. The highest BCUT2D eigenvalue weighted by atomic mass is 19.4. The van der Waals surface area contributed by atoms with E-state index in [9.17, 15) is 13.2 Å². The van der Waals surface area contributed by atoms with Crippen LogP contribution in [0.4, 0.5) is 18.9 Å². The van der Waals surface area contributed by atoms with Crippen molar-refractivity contribution in [2.75, 3.05) is 5.73 Å². The Morgan fingerprint density at radius 3 is 2.47 bits per heavy atom. The van der Waals surface area contributed by atoms with E-state index >= 15 is 0 Å². The van der Waals surface area contributed by atoms with Crippen molar-refractivity contribution in [3.05, 3.63) is 24.3 Å². The fraction of sp³-hybridized carbons (Fsp3) is 0.364. The average molecular weight is 271 g/mol. The van der Waals surface area contributed by atoms with Crippen LogP contribution in [0.1, 0.15) is 19.4 Å². The molecule has 1 heterocycles. The molecule has 1 aromatic carbocycles. The highest BCUT2D eigenvalue weighted by molar-refractivity contribution is 5.58. The summed E-state index contributed by atoms with van der Waals surface area (Å²) >= 11 is 0. The molecule has 2 aromatic rings. The number of rotatable bonds is 3. The molecular formula is C11H12F3N5. The Morgan fingerprint density at radius 1 is 1.26 bits per heavy atom. The molecule has 102 valence electrons. The summed E-state index contributed by atoms with van der Waals surface area (Å²) in [6.45, 7) is 1.42. The third-order valence-electron chi connectivity index (χ3n) is 2.61. The molecule has 0 aliphatic carbocycles. The van der Waals surface area contributed by atoms with E-state index < -0.39 is 18.6 Å². The van der Waals surface area contributed by atoms with Crippen molar-refractivity contribution >= 4 is 5.69 Å². The molecular weight excluding hydrogens is 259 g/mol. The first-order valence-electron chi connectivity index (χ1n) is 5.57. The summed E-state index contributed by atoms with van der Waals surface area (Å²) in [5.41, 5.74) is 6.73. The number of hydrogen-bond acceptors (Lipinski definition) is 4. The number of nitrogen functional groups attached to an aromatic ring is 1. The van der Waals surface area contributed by atoms with Crippen LogP contribution in [0.15, 0.2) is 24.3 Å².